The van der Waals surface area contributed by atoms with Gasteiger partial charge in [0.05, 0.1) is 12.1 Å². The number of amides is 2. The molecule has 1 aliphatic rings. The van der Waals surface area contributed by atoms with Crippen molar-refractivity contribution in [3.05, 3.63) is 59.7 Å². The molecule has 2 aromatic carbocycles. The Hall–Kier alpha value is -3.41. The quantitative estimate of drug-likeness (QED) is 0.403. The second-order valence-corrected chi connectivity index (χ2v) is 5.56. The Labute approximate surface area is 143 Å². The Balaban J connectivity index is 1.85. The highest BCUT2D eigenvalue weighted by molar-refractivity contribution is 6.29. The molecule has 3 rings (SSSR count). The van der Waals surface area contributed by atoms with Crippen molar-refractivity contribution in [2.24, 2.45) is 0 Å². The number of benzene rings is 2. The number of aromatic hydroxyl groups is 1. The molecule has 25 heavy (non-hydrogen) atoms. The van der Waals surface area contributed by atoms with Gasteiger partial charge in [0.25, 0.3) is 5.91 Å². The monoisotopic (exact) mass is 337 g/mol. The van der Waals surface area contributed by atoms with Crippen molar-refractivity contribution in [1.82, 2.24) is 0 Å². The van der Waals surface area contributed by atoms with Gasteiger partial charge in [0.1, 0.15) is 11.5 Å². The SMILES string of the molecule is CC(=O)Oc1ccc(N2C(=O)CC(=Cc3cccc(O)c3)C2=O)cc1. The molecule has 6 heteroatoms. The number of imide groups is 1. The van der Waals surface area contributed by atoms with Crippen LogP contribution in [0.5, 0.6) is 11.5 Å². The van der Waals surface area contributed by atoms with Crippen LogP contribution in [-0.2, 0) is 14.4 Å². The van der Waals surface area contributed by atoms with Crippen LogP contribution in [0.15, 0.2) is 54.1 Å². The van der Waals surface area contributed by atoms with Crippen molar-refractivity contribution in [3.63, 3.8) is 0 Å². The van der Waals surface area contributed by atoms with E-state index in [0.717, 1.165) is 4.90 Å². The molecular formula is C19H15NO5. The van der Waals surface area contributed by atoms with E-state index in [4.69, 9.17) is 4.74 Å². The molecule has 0 radical (unpaired) electrons. The summed E-state index contributed by atoms with van der Waals surface area (Å²) in [4.78, 5) is 36.8. The highest BCUT2D eigenvalue weighted by atomic mass is 16.5. The Kier molecular flexibility index (Phi) is 4.35. The maximum Gasteiger partial charge on any atom is 0.308 e. The third-order valence-electron chi connectivity index (χ3n) is 3.64. The highest BCUT2D eigenvalue weighted by Crippen LogP contribution is 2.29. The summed E-state index contributed by atoms with van der Waals surface area (Å²) < 4.78 is 4.93. The zero-order valence-corrected chi connectivity index (χ0v) is 13.4. The third kappa shape index (κ3) is 3.58. The van der Waals surface area contributed by atoms with E-state index in [1.165, 1.54) is 31.2 Å². The number of carbonyl (C=O) groups excluding carboxylic acids is 3. The van der Waals surface area contributed by atoms with Crippen molar-refractivity contribution in [2.45, 2.75) is 13.3 Å². The van der Waals surface area contributed by atoms with Gasteiger partial charge in [-0.25, -0.2) is 4.90 Å². The predicted octanol–water partition coefficient (Wildman–Crippen LogP) is 2.66. The molecule has 0 unspecified atom stereocenters. The summed E-state index contributed by atoms with van der Waals surface area (Å²) in [5.74, 6) is -0.766. The molecular weight excluding hydrogens is 322 g/mol. The normalized spacial score (nSPS) is 15.7. The van der Waals surface area contributed by atoms with Gasteiger partial charge in [-0.3, -0.25) is 14.4 Å². The molecule has 0 aromatic heterocycles. The molecule has 0 aliphatic carbocycles. The fourth-order valence-electron chi connectivity index (χ4n) is 2.59. The average Bonchev–Trinajstić information content (AvgIpc) is 2.82. The van der Waals surface area contributed by atoms with Crippen LogP contribution in [-0.4, -0.2) is 22.9 Å². The Bertz CT molecular complexity index is 883. The van der Waals surface area contributed by atoms with E-state index in [-0.39, 0.29) is 18.1 Å². The molecule has 1 heterocycles. The van der Waals surface area contributed by atoms with E-state index >= 15 is 0 Å². The number of phenolic OH excluding ortho intramolecular Hbond substituents is 1. The van der Waals surface area contributed by atoms with E-state index in [1.54, 1.807) is 30.3 Å². The van der Waals surface area contributed by atoms with Crippen molar-refractivity contribution >= 4 is 29.5 Å². The minimum atomic E-state index is -0.447. The van der Waals surface area contributed by atoms with Gasteiger partial charge < -0.3 is 9.84 Å². The number of rotatable bonds is 3. The number of nitrogens with zero attached hydrogens (tertiary/aromatic N) is 1. The molecule has 1 saturated heterocycles. The second-order valence-electron chi connectivity index (χ2n) is 5.56. The lowest BCUT2D eigenvalue weighted by Crippen LogP contribution is -2.28. The predicted molar refractivity (Wildman–Crippen MR) is 90.9 cm³/mol. The summed E-state index contributed by atoms with van der Waals surface area (Å²) in [6.45, 7) is 1.29. The number of anilines is 1. The van der Waals surface area contributed by atoms with Crippen molar-refractivity contribution in [3.8, 4) is 11.5 Å². The van der Waals surface area contributed by atoms with Gasteiger partial charge in [0.15, 0.2) is 0 Å². The molecule has 0 spiro atoms. The molecule has 6 nitrogen and oxygen atoms in total. The number of esters is 1. The number of hydrogen-bond acceptors (Lipinski definition) is 5. The number of hydrogen-bond donors (Lipinski definition) is 1. The van der Waals surface area contributed by atoms with Gasteiger partial charge in [-0.15, -0.1) is 0 Å². The van der Waals surface area contributed by atoms with Crippen molar-refractivity contribution in [1.29, 1.82) is 0 Å². The van der Waals surface area contributed by atoms with Gasteiger partial charge in [-0.1, -0.05) is 12.1 Å². The summed E-state index contributed by atoms with van der Waals surface area (Å²) in [5.41, 5.74) is 1.40. The summed E-state index contributed by atoms with van der Waals surface area (Å²) in [5, 5.41) is 9.50. The van der Waals surface area contributed by atoms with Gasteiger partial charge in [0, 0.05) is 12.5 Å². The molecule has 0 saturated carbocycles. The van der Waals surface area contributed by atoms with Crippen LogP contribution < -0.4 is 9.64 Å². The molecule has 1 N–H and O–H groups in total. The molecule has 126 valence electrons. The topological polar surface area (TPSA) is 83.9 Å². The number of phenols is 1. The first-order valence-corrected chi connectivity index (χ1v) is 7.59. The molecule has 1 fully saturated rings. The Morgan fingerprint density at radius 3 is 2.52 bits per heavy atom. The zero-order chi connectivity index (χ0) is 18.0. The fraction of sp³-hybridized carbons (Fsp3) is 0.105. The molecule has 1 aliphatic heterocycles. The lowest BCUT2D eigenvalue weighted by atomic mass is 10.1. The Morgan fingerprint density at radius 1 is 1.16 bits per heavy atom. The van der Waals surface area contributed by atoms with E-state index < -0.39 is 11.9 Å². The van der Waals surface area contributed by atoms with Crippen LogP contribution in [0.2, 0.25) is 0 Å². The Morgan fingerprint density at radius 2 is 1.88 bits per heavy atom. The maximum atomic E-state index is 12.6. The largest absolute Gasteiger partial charge is 0.508 e. The first-order valence-electron chi connectivity index (χ1n) is 7.59. The minimum absolute atomic E-state index is 0.0137. The maximum absolute atomic E-state index is 12.6. The fourth-order valence-corrected chi connectivity index (χ4v) is 2.59. The van der Waals surface area contributed by atoms with Gasteiger partial charge in [0.2, 0.25) is 5.91 Å². The van der Waals surface area contributed by atoms with Crippen molar-refractivity contribution in [2.75, 3.05) is 4.90 Å². The van der Waals surface area contributed by atoms with Crippen LogP contribution in [0, 0.1) is 0 Å². The van der Waals surface area contributed by atoms with Crippen LogP contribution in [0.4, 0.5) is 5.69 Å². The van der Waals surface area contributed by atoms with E-state index in [9.17, 15) is 19.5 Å². The van der Waals surface area contributed by atoms with E-state index in [0.29, 0.717) is 22.6 Å². The van der Waals surface area contributed by atoms with Crippen LogP contribution >= 0.6 is 0 Å². The summed E-state index contributed by atoms with van der Waals surface area (Å²) in [6.07, 6.45) is 1.58. The smallest absolute Gasteiger partial charge is 0.308 e. The first-order chi connectivity index (χ1) is 11.9. The average molecular weight is 337 g/mol. The lowest BCUT2D eigenvalue weighted by Gasteiger charge is -2.13. The molecule has 0 bridgehead atoms. The third-order valence-corrected chi connectivity index (χ3v) is 3.64. The summed E-state index contributed by atoms with van der Waals surface area (Å²) >= 11 is 0. The van der Waals surface area contributed by atoms with E-state index in [2.05, 4.69) is 0 Å². The van der Waals surface area contributed by atoms with Crippen molar-refractivity contribution < 1.29 is 24.2 Å². The number of carbonyl (C=O) groups is 3. The standard InChI is InChI=1S/C19H15NO5/c1-12(21)25-17-7-5-15(6-8-17)20-18(23)11-14(19(20)24)9-13-3-2-4-16(22)10-13/h2-10,22H,11H2,1H3. The summed E-state index contributed by atoms with van der Waals surface area (Å²) in [6, 6.07) is 12.6. The zero-order valence-electron chi connectivity index (χ0n) is 13.4. The van der Waals surface area contributed by atoms with Gasteiger partial charge in [-0.2, -0.15) is 0 Å². The molecule has 2 amide bonds. The molecule has 0 atom stereocenters. The van der Waals surface area contributed by atoms with Gasteiger partial charge >= 0.3 is 5.97 Å². The van der Waals surface area contributed by atoms with Gasteiger partial charge in [-0.05, 0) is 48.0 Å². The summed E-state index contributed by atoms with van der Waals surface area (Å²) in [7, 11) is 0. The van der Waals surface area contributed by atoms with Crippen LogP contribution in [0.25, 0.3) is 6.08 Å². The second kappa shape index (κ2) is 6.60. The minimum Gasteiger partial charge on any atom is -0.508 e. The van der Waals surface area contributed by atoms with Crippen LogP contribution in [0.3, 0.4) is 0 Å². The first kappa shape index (κ1) is 16.4. The van der Waals surface area contributed by atoms with Crippen LogP contribution in [0.1, 0.15) is 18.9 Å². The lowest BCUT2D eigenvalue weighted by molar-refractivity contribution is -0.132. The number of ether oxygens (including phenoxy) is 1. The highest BCUT2D eigenvalue weighted by Gasteiger charge is 2.34. The van der Waals surface area contributed by atoms with E-state index in [1.807, 2.05) is 0 Å². The molecule has 2 aromatic rings.